The van der Waals surface area contributed by atoms with E-state index in [1.54, 1.807) is 37.8 Å². The van der Waals surface area contributed by atoms with Crippen molar-refractivity contribution in [3.63, 3.8) is 0 Å². The number of ketones is 1. The molecule has 2 N–H and O–H groups in total. The number of benzene rings is 1. The summed E-state index contributed by atoms with van der Waals surface area (Å²) in [4.78, 5) is 45.5. The molecule has 1 aliphatic carbocycles. The van der Waals surface area contributed by atoms with Crippen molar-refractivity contribution in [1.29, 1.82) is 0 Å². The number of anilines is 1. The molecule has 2 amide bonds. The van der Waals surface area contributed by atoms with Gasteiger partial charge in [0.05, 0.1) is 25.3 Å². The Hall–Kier alpha value is -2.72. The number of halogens is 1. The van der Waals surface area contributed by atoms with Gasteiger partial charge in [0.2, 0.25) is 5.91 Å². The maximum Gasteiger partial charge on any atom is 0.411 e. The van der Waals surface area contributed by atoms with Crippen LogP contribution in [0.15, 0.2) is 18.2 Å². The van der Waals surface area contributed by atoms with E-state index in [1.165, 1.54) is 0 Å². The normalized spacial score (nSPS) is 30.4. The van der Waals surface area contributed by atoms with Gasteiger partial charge in [0.15, 0.2) is 5.78 Å². The third kappa shape index (κ3) is 5.45. The molecule has 41 heavy (non-hydrogen) atoms. The number of primary amides is 1. The summed E-state index contributed by atoms with van der Waals surface area (Å²) in [7, 11) is 0. The van der Waals surface area contributed by atoms with E-state index in [4.69, 9.17) is 15.2 Å². The Morgan fingerprint density at radius 1 is 1.07 bits per heavy atom. The van der Waals surface area contributed by atoms with Gasteiger partial charge in [-0.3, -0.25) is 19.4 Å². The van der Waals surface area contributed by atoms with E-state index in [9.17, 15) is 14.4 Å². The molecule has 1 saturated carbocycles. The predicted molar refractivity (Wildman–Crippen MR) is 151 cm³/mol. The van der Waals surface area contributed by atoms with Gasteiger partial charge in [-0.05, 0) is 82.9 Å². The van der Waals surface area contributed by atoms with Crippen LogP contribution in [0.1, 0.15) is 64.9 Å². The molecule has 2 unspecified atom stereocenters. The molecular weight excluding hydrogens is 527 g/mol. The second-order valence-electron chi connectivity index (χ2n) is 13.6. The highest BCUT2D eigenvalue weighted by Gasteiger charge is 2.52. The average Bonchev–Trinajstić information content (AvgIpc) is 3.64. The highest BCUT2D eigenvalue weighted by Crippen LogP contribution is 2.44. The first-order valence-corrected chi connectivity index (χ1v) is 15.2. The fraction of sp³-hybridized carbons (Fsp3) is 0.710. The number of carbonyl (C=O) groups excluding carboxylic acids is 3. The maximum atomic E-state index is 15.5. The van der Waals surface area contributed by atoms with E-state index in [-0.39, 0.29) is 36.4 Å². The van der Waals surface area contributed by atoms with E-state index in [1.807, 2.05) is 6.07 Å². The Labute approximate surface area is 241 Å². The van der Waals surface area contributed by atoms with Crippen molar-refractivity contribution in [2.45, 2.75) is 102 Å². The molecule has 6 rings (SSSR count). The number of rotatable bonds is 8. The SMILES string of the molecule is CC(C)(C)OC(=O)N1[C@@H]2CC[C@@H](C2)[C@H]1C(=O)C[C@@H](Cc1ccc(N2CCC3C2CCN3C2COC2)cc1F)C(N)=O. The first kappa shape index (κ1) is 28.4. The van der Waals surface area contributed by atoms with Gasteiger partial charge in [-0.2, -0.15) is 0 Å². The lowest BCUT2D eigenvalue weighted by Crippen LogP contribution is -2.52. The highest BCUT2D eigenvalue weighted by molar-refractivity contribution is 5.92. The summed E-state index contributed by atoms with van der Waals surface area (Å²) < 4.78 is 26.5. The standard InChI is InChI=1S/C31H43FN4O5/c1-31(2,3)41-30(39)36-22-7-5-19(13-22)28(36)27(37)14-20(29(33)38)12-18-4-6-21(15-24(18)32)34-10-8-26-25(34)9-11-35(26)23-16-40-17-23/h4,6,15,19-20,22-23,25-26,28H,5,7-14,16-17H2,1-3H3,(H2,33,38)/t19-,20+,22+,25?,26?,28-/m0/s1. The van der Waals surface area contributed by atoms with Crippen molar-refractivity contribution < 1.29 is 28.2 Å². The number of nitrogens with zero attached hydrogens (tertiary/aromatic N) is 3. The molecule has 10 heteroatoms. The Balaban J connectivity index is 1.12. The van der Waals surface area contributed by atoms with Crippen LogP contribution in [-0.2, 0) is 25.5 Å². The highest BCUT2D eigenvalue weighted by atomic mass is 19.1. The number of piperidine rings is 1. The first-order valence-electron chi connectivity index (χ1n) is 15.2. The van der Waals surface area contributed by atoms with E-state index in [2.05, 4.69) is 9.80 Å². The van der Waals surface area contributed by atoms with Gasteiger partial charge in [0.25, 0.3) is 0 Å². The number of Topliss-reactive ketones (excluding diaryl/α,β-unsaturated/α-hetero) is 1. The lowest BCUT2D eigenvalue weighted by molar-refractivity contribution is -0.131. The fourth-order valence-electron chi connectivity index (χ4n) is 7.97. The van der Waals surface area contributed by atoms with Crippen LogP contribution in [0.2, 0.25) is 0 Å². The molecule has 224 valence electrons. The number of hydrogen-bond acceptors (Lipinski definition) is 7. The molecule has 1 aromatic rings. The molecule has 9 nitrogen and oxygen atoms in total. The van der Waals surface area contributed by atoms with Crippen molar-refractivity contribution in [3.05, 3.63) is 29.6 Å². The molecular formula is C31H43FN4O5. The van der Waals surface area contributed by atoms with Crippen molar-refractivity contribution >= 4 is 23.5 Å². The minimum absolute atomic E-state index is 0.0278. The van der Waals surface area contributed by atoms with Crippen LogP contribution in [0, 0.1) is 17.7 Å². The minimum atomic E-state index is -0.855. The molecule has 0 radical (unpaired) electrons. The third-order valence-corrected chi connectivity index (χ3v) is 9.91. The zero-order valence-electron chi connectivity index (χ0n) is 24.4. The largest absolute Gasteiger partial charge is 0.444 e. The van der Waals surface area contributed by atoms with Crippen LogP contribution >= 0.6 is 0 Å². The zero-order chi connectivity index (χ0) is 29.1. The summed E-state index contributed by atoms with van der Waals surface area (Å²) >= 11 is 0. The van der Waals surface area contributed by atoms with Crippen molar-refractivity contribution in [2.24, 2.45) is 17.6 Å². The van der Waals surface area contributed by atoms with Crippen molar-refractivity contribution in [2.75, 3.05) is 31.2 Å². The van der Waals surface area contributed by atoms with Gasteiger partial charge >= 0.3 is 6.09 Å². The van der Waals surface area contributed by atoms with Crippen molar-refractivity contribution in [3.8, 4) is 0 Å². The number of fused-ring (bicyclic) bond motifs is 3. The molecule has 6 atom stereocenters. The molecule has 2 bridgehead atoms. The van der Waals surface area contributed by atoms with E-state index >= 15 is 4.39 Å². The van der Waals surface area contributed by atoms with Crippen molar-refractivity contribution in [1.82, 2.24) is 9.80 Å². The summed E-state index contributed by atoms with van der Waals surface area (Å²) in [5.74, 6) is -2.03. The molecule has 0 aromatic heterocycles. The van der Waals surface area contributed by atoms with Crippen LogP contribution in [-0.4, -0.2) is 89.7 Å². The summed E-state index contributed by atoms with van der Waals surface area (Å²) in [6.45, 7) is 8.93. The first-order chi connectivity index (χ1) is 19.5. The van der Waals surface area contributed by atoms with Gasteiger partial charge < -0.3 is 20.1 Å². The van der Waals surface area contributed by atoms with E-state index in [0.29, 0.717) is 23.7 Å². The molecule has 4 saturated heterocycles. The predicted octanol–water partition coefficient (Wildman–Crippen LogP) is 3.27. The molecule has 1 aromatic carbocycles. The molecule has 5 fully saturated rings. The molecule has 0 spiro atoms. The molecule has 5 aliphatic rings. The quantitative estimate of drug-likeness (QED) is 0.512. The van der Waals surface area contributed by atoms with Gasteiger partial charge in [-0.25, -0.2) is 9.18 Å². The van der Waals surface area contributed by atoms with Gasteiger partial charge in [0.1, 0.15) is 11.4 Å². The number of hydrogen-bond donors (Lipinski definition) is 1. The minimum Gasteiger partial charge on any atom is -0.444 e. The summed E-state index contributed by atoms with van der Waals surface area (Å²) in [6.07, 6.45) is 4.01. The Morgan fingerprint density at radius 3 is 2.49 bits per heavy atom. The lowest BCUT2D eigenvalue weighted by Gasteiger charge is -2.38. The fourth-order valence-corrected chi connectivity index (χ4v) is 7.97. The van der Waals surface area contributed by atoms with Crippen LogP contribution in [0.25, 0.3) is 0 Å². The summed E-state index contributed by atoms with van der Waals surface area (Å²) in [5.41, 5.74) is 6.29. The third-order valence-electron chi connectivity index (χ3n) is 9.91. The Bertz CT molecular complexity index is 1200. The number of ether oxygens (including phenoxy) is 2. The van der Waals surface area contributed by atoms with Crippen LogP contribution in [0.5, 0.6) is 0 Å². The molecule has 4 heterocycles. The number of amides is 2. The smallest absolute Gasteiger partial charge is 0.411 e. The number of carbonyl (C=O) groups is 3. The van der Waals surface area contributed by atoms with E-state index in [0.717, 1.165) is 64.1 Å². The van der Waals surface area contributed by atoms with E-state index < -0.39 is 29.6 Å². The second kappa shape index (κ2) is 10.8. The Kier molecular flexibility index (Phi) is 7.51. The number of nitrogens with two attached hydrogens (primary N) is 1. The van der Waals surface area contributed by atoms with Crippen LogP contribution < -0.4 is 10.6 Å². The van der Waals surface area contributed by atoms with Gasteiger partial charge in [-0.1, -0.05) is 6.07 Å². The maximum absolute atomic E-state index is 15.5. The Morgan fingerprint density at radius 2 is 1.83 bits per heavy atom. The topological polar surface area (TPSA) is 105 Å². The monoisotopic (exact) mass is 570 g/mol. The molecule has 4 aliphatic heterocycles. The lowest BCUT2D eigenvalue weighted by atomic mass is 9.87. The zero-order valence-corrected chi connectivity index (χ0v) is 24.4. The van der Waals surface area contributed by atoms with Crippen LogP contribution in [0.4, 0.5) is 14.9 Å². The number of likely N-dealkylation sites (tertiary alicyclic amines) is 2. The van der Waals surface area contributed by atoms with Crippen LogP contribution in [0.3, 0.4) is 0 Å². The summed E-state index contributed by atoms with van der Waals surface area (Å²) in [5, 5.41) is 0. The average molecular weight is 571 g/mol. The summed E-state index contributed by atoms with van der Waals surface area (Å²) in [6, 6.07) is 5.92. The van der Waals surface area contributed by atoms with Gasteiger partial charge in [0, 0.05) is 49.2 Å². The second-order valence-corrected chi connectivity index (χ2v) is 13.6. The van der Waals surface area contributed by atoms with Gasteiger partial charge in [-0.15, -0.1) is 0 Å².